The van der Waals surface area contributed by atoms with E-state index in [1.807, 2.05) is 44.2 Å². The molecule has 0 aliphatic rings. The molecule has 0 saturated carbocycles. The standard InChI is InChI=1S/C14H22N2O/c1-4-10-14(3,15)13(17)16-11(2)12-8-6-5-7-9-12/h5-9,11H,4,10,15H2,1-3H3,(H,16,17)/t11-,14?/m0/s1. The smallest absolute Gasteiger partial charge is 0.240 e. The summed E-state index contributed by atoms with van der Waals surface area (Å²) < 4.78 is 0. The molecule has 1 unspecified atom stereocenters. The van der Waals surface area contributed by atoms with Crippen LogP contribution >= 0.6 is 0 Å². The van der Waals surface area contributed by atoms with Crippen molar-refractivity contribution in [2.75, 3.05) is 0 Å². The summed E-state index contributed by atoms with van der Waals surface area (Å²) >= 11 is 0. The molecule has 1 aromatic carbocycles. The quantitative estimate of drug-likeness (QED) is 0.822. The lowest BCUT2D eigenvalue weighted by Gasteiger charge is -2.25. The van der Waals surface area contributed by atoms with E-state index >= 15 is 0 Å². The fourth-order valence-electron chi connectivity index (χ4n) is 1.82. The number of hydrogen-bond donors (Lipinski definition) is 2. The Morgan fingerprint density at radius 2 is 2.00 bits per heavy atom. The van der Waals surface area contributed by atoms with E-state index in [9.17, 15) is 4.79 Å². The van der Waals surface area contributed by atoms with E-state index in [2.05, 4.69) is 5.32 Å². The molecule has 3 N–H and O–H groups in total. The Hall–Kier alpha value is -1.35. The summed E-state index contributed by atoms with van der Waals surface area (Å²) in [5.74, 6) is -0.0873. The minimum absolute atomic E-state index is 0.0107. The summed E-state index contributed by atoms with van der Waals surface area (Å²) in [6.45, 7) is 5.78. The van der Waals surface area contributed by atoms with Gasteiger partial charge in [-0.15, -0.1) is 0 Å². The van der Waals surface area contributed by atoms with Crippen molar-refractivity contribution >= 4 is 5.91 Å². The Labute approximate surface area is 103 Å². The van der Waals surface area contributed by atoms with Gasteiger partial charge in [0.05, 0.1) is 11.6 Å². The molecular weight excluding hydrogens is 212 g/mol. The molecule has 0 aromatic heterocycles. The van der Waals surface area contributed by atoms with Crippen LogP contribution in [0.2, 0.25) is 0 Å². The summed E-state index contributed by atoms with van der Waals surface area (Å²) in [4.78, 5) is 12.0. The third-order valence-corrected chi connectivity index (χ3v) is 2.94. The van der Waals surface area contributed by atoms with Gasteiger partial charge in [0.15, 0.2) is 0 Å². The highest BCUT2D eigenvalue weighted by Crippen LogP contribution is 2.14. The number of nitrogens with one attached hydrogen (secondary N) is 1. The maximum atomic E-state index is 12.0. The van der Waals surface area contributed by atoms with Gasteiger partial charge in [-0.1, -0.05) is 43.7 Å². The molecule has 3 heteroatoms. The Morgan fingerprint density at radius 3 is 2.53 bits per heavy atom. The monoisotopic (exact) mass is 234 g/mol. The number of hydrogen-bond acceptors (Lipinski definition) is 2. The predicted molar refractivity (Wildman–Crippen MR) is 70.5 cm³/mol. The highest BCUT2D eigenvalue weighted by atomic mass is 16.2. The van der Waals surface area contributed by atoms with Crippen LogP contribution in [0.3, 0.4) is 0 Å². The second-order valence-electron chi connectivity index (χ2n) is 4.77. The average Bonchev–Trinajstić information content (AvgIpc) is 2.30. The van der Waals surface area contributed by atoms with Gasteiger partial charge in [-0.2, -0.15) is 0 Å². The van der Waals surface area contributed by atoms with Gasteiger partial charge in [-0.25, -0.2) is 0 Å². The minimum Gasteiger partial charge on any atom is -0.348 e. The van der Waals surface area contributed by atoms with Crippen molar-refractivity contribution in [3.63, 3.8) is 0 Å². The molecule has 2 atom stereocenters. The molecule has 0 radical (unpaired) electrons. The van der Waals surface area contributed by atoms with Gasteiger partial charge in [-0.3, -0.25) is 4.79 Å². The summed E-state index contributed by atoms with van der Waals surface area (Å²) in [6, 6.07) is 9.87. The van der Waals surface area contributed by atoms with Crippen LogP contribution in [0.5, 0.6) is 0 Å². The normalized spacial score (nSPS) is 16.0. The van der Waals surface area contributed by atoms with Gasteiger partial charge in [0.2, 0.25) is 5.91 Å². The zero-order valence-corrected chi connectivity index (χ0v) is 10.9. The van der Waals surface area contributed by atoms with E-state index in [1.54, 1.807) is 6.92 Å². The van der Waals surface area contributed by atoms with Crippen molar-refractivity contribution < 1.29 is 4.79 Å². The third-order valence-electron chi connectivity index (χ3n) is 2.94. The maximum absolute atomic E-state index is 12.0. The average molecular weight is 234 g/mol. The summed E-state index contributed by atoms with van der Waals surface area (Å²) in [5.41, 5.74) is 6.30. The number of rotatable bonds is 5. The van der Waals surface area contributed by atoms with Crippen molar-refractivity contribution in [2.24, 2.45) is 5.73 Å². The zero-order chi connectivity index (χ0) is 12.9. The van der Waals surface area contributed by atoms with Gasteiger partial charge in [-0.05, 0) is 25.8 Å². The number of amides is 1. The second kappa shape index (κ2) is 5.82. The molecule has 0 heterocycles. The van der Waals surface area contributed by atoms with Crippen molar-refractivity contribution in [3.8, 4) is 0 Å². The highest BCUT2D eigenvalue weighted by Gasteiger charge is 2.28. The number of carbonyl (C=O) groups excluding carboxylic acids is 1. The van der Waals surface area contributed by atoms with Crippen LogP contribution in [-0.2, 0) is 4.79 Å². The molecular formula is C14H22N2O. The first-order valence-electron chi connectivity index (χ1n) is 6.12. The SMILES string of the molecule is CCCC(C)(N)C(=O)N[C@@H](C)c1ccccc1. The molecule has 0 saturated heterocycles. The summed E-state index contributed by atoms with van der Waals surface area (Å²) in [7, 11) is 0. The summed E-state index contributed by atoms with van der Waals surface area (Å²) in [5, 5.41) is 2.96. The van der Waals surface area contributed by atoms with Crippen LogP contribution in [0.25, 0.3) is 0 Å². The molecule has 1 rings (SSSR count). The molecule has 17 heavy (non-hydrogen) atoms. The molecule has 1 aromatic rings. The molecule has 3 nitrogen and oxygen atoms in total. The van der Waals surface area contributed by atoms with E-state index in [-0.39, 0.29) is 11.9 Å². The van der Waals surface area contributed by atoms with Crippen LogP contribution in [-0.4, -0.2) is 11.4 Å². The first-order valence-corrected chi connectivity index (χ1v) is 6.12. The van der Waals surface area contributed by atoms with Gasteiger partial charge < -0.3 is 11.1 Å². The largest absolute Gasteiger partial charge is 0.348 e. The summed E-state index contributed by atoms with van der Waals surface area (Å²) in [6.07, 6.45) is 1.60. The number of carbonyl (C=O) groups is 1. The Kier molecular flexibility index (Phi) is 4.70. The Balaban J connectivity index is 2.63. The van der Waals surface area contributed by atoms with Crippen LogP contribution in [0.1, 0.15) is 45.2 Å². The fourth-order valence-corrected chi connectivity index (χ4v) is 1.82. The predicted octanol–water partition coefficient (Wildman–Crippen LogP) is 2.38. The van der Waals surface area contributed by atoms with Crippen LogP contribution in [0.15, 0.2) is 30.3 Å². The van der Waals surface area contributed by atoms with Crippen LogP contribution in [0.4, 0.5) is 0 Å². The van der Waals surface area contributed by atoms with E-state index < -0.39 is 5.54 Å². The van der Waals surface area contributed by atoms with Crippen molar-refractivity contribution in [1.29, 1.82) is 0 Å². The van der Waals surface area contributed by atoms with Gasteiger partial charge in [0.1, 0.15) is 0 Å². The second-order valence-corrected chi connectivity index (χ2v) is 4.77. The lowest BCUT2D eigenvalue weighted by atomic mass is 9.95. The van der Waals surface area contributed by atoms with E-state index in [4.69, 9.17) is 5.73 Å². The van der Waals surface area contributed by atoms with Crippen LogP contribution < -0.4 is 11.1 Å². The fraction of sp³-hybridized carbons (Fsp3) is 0.500. The zero-order valence-electron chi connectivity index (χ0n) is 10.9. The van der Waals surface area contributed by atoms with Gasteiger partial charge >= 0.3 is 0 Å². The van der Waals surface area contributed by atoms with Gasteiger partial charge in [0.25, 0.3) is 0 Å². The maximum Gasteiger partial charge on any atom is 0.240 e. The van der Waals surface area contributed by atoms with E-state index in [0.29, 0.717) is 6.42 Å². The van der Waals surface area contributed by atoms with Crippen molar-refractivity contribution in [3.05, 3.63) is 35.9 Å². The molecule has 0 bridgehead atoms. The molecule has 0 fully saturated rings. The van der Waals surface area contributed by atoms with Crippen molar-refractivity contribution in [1.82, 2.24) is 5.32 Å². The first kappa shape index (κ1) is 13.7. The molecule has 94 valence electrons. The highest BCUT2D eigenvalue weighted by molar-refractivity contribution is 5.85. The molecule has 0 aliphatic heterocycles. The Bertz CT molecular complexity index is 360. The Morgan fingerprint density at radius 1 is 1.41 bits per heavy atom. The van der Waals surface area contributed by atoms with Gasteiger partial charge in [0, 0.05) is 0 Å². The number of benzene rings is 1. The minimum atomic E-state index is -0.780. The van der Waals surface area contributed by atoms with Crippen LogP contribution in [0, 0.1) is 0 Å². The lowest BCUT2D eigenvalue weighted by Crippen LogP contribution is -2.51. The third kappa shape index (κ3) is 3.86. The molecule has 0 aliphatic carbocycles. The van der Waals surface area contributed by atoms with Crippen molar-refractivity contribution in [2.45, 2.75) is 45.2 Å². The topological polar surface area (TPSA) is 55.1 Å². The molecule has 1 amide bonds. The molecule has 0 spiro atoms. The first-order chi connectivity index (χ1) is 7.97. The van der Waals surface area contributed by atoms with E-state index in [1.165, 1.54) is 0 Å². The van der Waals surface area contributed by atoms with E-state index in [0.717, 1.165) is 12.0 Å². The lowest BCUT2D eigenvalue weighted by molar-refractivity contribution is -0.126. The number of nitrogens with two attached hydrogens (primary N) is 1.